The second kappa shape index (κ2) is 6.33. The zero-order chi connectivity index (χ0) is 17.3. The van der Waals surface area contributed by atoms with Gasteiger partial charge in [-0.1, -0.05) is 6.07 Å². The zero-order valence-corrected chi connectivity index (χ0v) is 14.6. The first-order chi connectivity index (χ1) is 10.7. The van der Waals surface area contributed by atoms with E-state index in [4.69, 9.17) is 19.9 Å². The van der Waals surface area contributed by atoms with Gasteiger partial charge >= 0.3 is 7.12 Å². The molecule has 0 spiro atoms. The number of rotatable bonds is 4. The maximum atomic E-state index is 6.07. The Bertz CT molecular complexity index is 625. The fraction of sp³-hybridized carbons (Fsp3) is 0.500. The summed E-state index contributed by atoms with van der Waals surface area (Å²) in [7, 11) is 1.14. The highest BCUT2D eigenvalue weighted by atomic mass is 16.7. The molecule has 2 N–H and O–H groups in total. The summed E-state index contributed by atoms with van der Waals surface area (Å²) in [6.07, 6.45) is 1.60. The number of methoxy groups -OCH3 is 1. The molecule has 1 aromatic rings. The van der Waals surface area contributed by atoms with Gasteiger partial charge in [0.25, 0.3) is 0 Å². The van der Waals surface area contributed by atoms with Crippen LogP contribution in [0.2, 0.25) is 0 Å². The average molecular weight is 317 g/mol. The lowest BCUT2D eigenvalue weighted by Gasteiger charge is -2.32. The Labute approximate surface area is 137 Å². The second-order valence-electron chi connectivity index (χ2n) is 6.54. The first kappa shape index (κ1) is 17.5. The summed E-state index contributed by atoms with van der Waals surface area (Å²) in [4.78, 5) is 4.31. The van der Waals surface area contributed by atoms with E-state index in [9.17, 15) is 0 Å². The molecular weight excluding hydrogens is 293 g/mol. The molecule has 1 heterocycles. The summed E-state index contributed by atoms with van der Waals surface area (Å²) in [5.74, 6) is 5.86. The number of benzene rings is 1. The van der Waals surface area contributed by atoms with Crippen LogP contribution in [0.25, 0.3) is 0 Å². The van der Waals surface area contributed by atoms with Crippen molar-refractivity contribution in [2.24, 2.45) is 15.9 Å². The minimum absolute atomic E-state index is 0.395. The van der Waals surface area contributed by atoms with Crippen LogP contribution in [-0.4, -0.2) is 37.4 Å². The summed E-state index contributed by atoms with van der Waals surface area (Å²) >= 11 is 0. The van der Waals surface area contributed by atoms with Crippen molar-refractivity contribution >= 4 is 30.2 Å². The average Bonchev–Trinajstić information content (AvgIpc) is 2.72. The summed E-state index contributed by atoms with van der Waals surface area (Å²) in [6, 6.07) is 5.62. The van der Waals surface area contributed by atoms with E-state index in [1.54, 1.807) is 20.2 Å². The van der Waals surface area contributed by atoms with E-state index in [-0.39, 0.29) is 0 Å². The van der Waals surface area contributed by atoms with Crippen molar-refractivity contribution in [3.05, 3.63) is 18.2 Å². The molecule has 0 radical (unpaired) electrons. The molecule has 7 heteroatoms. The predicted molar refractivity (Wildman–Crippen MR) is 94.2 cm³/mol. The highest BCUT2D eigenvalue weighted by Crippen LogP contribution is 2.37. The Balaban J connectivity index is 2.30. The lowest BCUT2D eigenvalue weighted by Crippen LogP contribution is -2.41. The number of aliphatic imine (C=N–C) groups is 1. The molecule has 0 bridgehead atoms. The van der Waals surface area contributed by atoms with E-state index < -0.39 is 18.3 Å². The SMILES string of the molecule is COc1cc(N=C/C(C)=N\N)ccc1B1OC(C)(C)C(C)(C)O1. The molecule has 1 aliphatic rings. The van der Waals surface area contributed by atoms with Crippen molar-refractivity contribution < 1.29 is 14.0 Å². The Morgan fingerprint density at radius 3 is 2.35 bits per heavy atom. The fourth-order valence-electron chi connectivity index (χ4n) is 2.15. The molecule has 0 amide bonds. The van der Waals surface area contributed by atoms with E-state index in [0.717, 1.165) is 11.2 Å². The van der Waals surface area contributed by atoms with Crippen LogP contribution in [-0.2, 0) is 9.31 Å². The largest absolute Gasteiger partial charge is 0.498 e. The minimum Gasteiger partial charge on any atom is -0.497 e. The van der Waals surface area contributed by atoms with Crippen molar-refractivity contribution in [3.63, 3.8) is 0 Å². The maximum absolute atomic E-state index is 6.07. The van der Waals surface area contributed by atoms with Gasteiger partial charge in [-0.2, -0.15) is 5.10 Å². The van der Waals surface area contributed by atoms with E-state index in [1.165, 1.54) is 0 Å². The molecule has 0 saturated carbocycles. The minimum atomic E-state index is -0.472. The van der Waals surface area contributed by atoms with Gasteiger partial charge in [-0.15, -0.1) is 0 Å². The van der Waals surface area contributed by atoms with Gasteiger partial charge in [-0.25, -0.2) is 0 Å². The quantitative estimate of drug-likeness (QED) is 0.399. The van der Waals surface area contributed by atoms with Gasteiger partial charge in [0.15, 0.2) is 0 Å². The second-order valence-corrected chi connectivity index (χ2v) is 6.54. The van der Waals surface area contributed by atoms with Crippen LogP contribution in [0.3, 0.4) is 0 Å². The van der Waals surface area contributed by atoms with Crippen LogP contribution in [0.5, 0.6) is 5.75 Å². The molecule has 0 aliphatic carbocycles. The number of nitrogens with two attached hydrogens (primary N) is 1. The molecule has 0 unspecified atom stereocenters. The number of ether oxygens (including phenoxy) is 1. The van der Waals surface area contributed by atoms with Crippen LogP contribution in [0.1, 0.15) is 34.6 Å². The normalized spacial score (nSPS) is 20.3. The van der Waals surface area contributed by atoms with Crippen molar-refractivity contribution in [2.75, 3.05) is 7.11 Å². The smallest absolute Gasteiger partial charge is 0.497 e. The first-order valence-corrected chi connectivity index (χ1v) is 7.52. The van der Waals surface area contributed by atoms with Crippen LogP contribution >= 0.6 is 0 Å². The monoisotopic (exact) mass is 317 g/mol. The van der Waals surface area contributed by atoms with Crippen molar-refractivity contribution in [3.8, 4) is 5.75 Å². The maximum Gasteiger partial charge on any atom is 0.498 e. The van der Waals surface area contributed by atoms with E-state index in [0.29, 0.717) is 11.5 Å². The molecule has 0 aromatic heterocycles. The van der Waals surface area contributed by atoms with E-state index in [2.05, 4.69) is 10.1 Å². The first-order valence-electron chi connectivity index (χ1n) is 7.52. The highest BCUT2D eigenvalue weighted by Gasteiger charge is 2.52. The van der Waals surface area contributed by atoms with Gasteiger partial charge in [0.1, 0.15) is 5.75 Å². The molecule has 0 atom stereocenters. The number of nitrogens with zero attached hydrogens (tertiary/aromatic N) is 2. The molecule has 2 rings (SSSR count). The van der Waals surface area contributed by atoms with Gasteiger partial charge in [-0.05, 0) is 40.7 Å². The Hall–Kier alpha value is -1.86. The lowest BCUT2D eigenvalue weighted by molar-refractivity contribution is 0.00578. The molecule has 1 aliphatic heterocycles. The topological polar surface area (TPSA) is 78.4 Å². The molecule has 1 fully saturated rings. The molecular formula is C16H24BN3O3. The fourth-order valence-corrected chi connectivity index (χ4v) is 2.15. The van der Waals surface area contributed by atoms with Crippen LogP contribution in [0.15, 0.2) is 28.3 Å². The van der Waals surface area contributed by atoms with Gasteiger partial charge in [-0.3, -0.25) is 4.99 Å². The van der Waals surface area contributed by atoms with Crippen molar-refractivity contribution in [1.29, 1.82) is 0 Å². The molecule has 1 saturated heterocycles. The van der Waals surface area contributed by atoms with Crippen LogP contribution in [0.4, 0.5) is 5.69 Å². The summed E-state index contributed by atoms with van der Waals surface area (Å²) in [5.41, 5.74) is 1.43. The van der Waals surface area contributed by atoms with Gasteiger partial charge in [0.2, 0.25) is 0 Å². The Morgan fingerprint density at radius 2 is 1.83 bits per heavy atom. The standard InChI is InChI=1S/C16H24BN3O3/c1-11(20-18)10-19-12-7-8-13(14(9-12)21-6)17-22-15(2,3)16(4,5)23-17/h7-10H,18H2,1-6H3/b19-10?,20-11-. The van der Waals surface area contributed by atoms with Crippen molar-refractivity contribution in [2.45, 2.75) is 45.8 Å². The summed E-state index contributed by atoms with van der Waals surface area (Å²) in [5, 5.41) is 3.55. The molecule has 124 valence electrons. The molecule has 6 nitrogen and oxygen atoms in total. The van der Waals surface area contributed by atoms with Gasteiger partial charge < -0.3 is 19.9 Å². The third-order valence-electron chi connectivity index (χ3n) is 4.33. The number of hydrogen-bond donors (Lipinski definition) is 1. The number of hydrazone groups is 1. The molecule has 1 aromatic carbocycles. The van der Waals surface area contributed by atoms with Crippen molar-refractivity contribution in [1.82, 2.24) is 0 Å². The third kappa shape index (κ3) is 3.56. The van der Waals surface area contributed by atoms with Gasteiger partial charge in [0.05, 0.1) is 35.9 Å². The van der Waals surface area contributed by atoms with Crippen LogP contribution in [0, 0.1) is 0 Å². The molecule has 23 heavy (non-hydrogen) atoms. The highest BCUT2D eigenvalue weighted by molar-refractivity contribution is 6.63. The Morgan fingerprint density at radius 1 is 1.22 bits per heavy atom. The number of hydrogen-bond acceptors (Lipinski definition) is 6. The van der Waals surface area contributed by atoms with E-state index in [1.807, 2.05) is 45.9 Å². The third-order valence-corrected chi connectivity index (χ3v) is 4.33. The summed E-state index contributed by atoms with van der Waals surface area (Å²) in [6.45, 7) is 9.86. The summed E-state index contributed by atoms with van der Waals surface area (Å²) < 4.78 is 17.6. The predicted octanol–water partition coefficient (Wildman–Crippen LogP) is 2.03. The van der Waals surface area contributed by atoms with Gasteiger partial charge in [0, 0.05) is 11.5 Å². The Kier molecular flexibility index (Phi) is 4.82. The van der Waals surface area contributed by atoms with Crippen LogP contribution < -0.4 is 16.0 Å². The van der Waals surface area contributed by atoms with E-state index >= 15 is 0 Å². The lowest BCUT2D eigenvalue weighted by atomic mass is 9.78. The zero-order valence-electron chi connectivity index (χ0n) is 14.6.